The van der Waals surface area contributed by atoms with Crippen molar-refractivity contribution in [3.63, 3.8) is 0 Å². The summed E-state index contributed by atoms with van der Waals surface area (Å²) in [5.41, 5.74) is 0. The van der Waals surface area contributed by atoms with Crippen LogP contribution in [0.25, 0.3) is 0 Å². The van der Waals surface area contributed by atoms with E-state index in [0.29, 0.717) is 5.92 Å². The molecule has 0 aliphatic rings. The lowest BCUT2D eigenvalue weighted by Gasteiger charge is -2.06. The molecule has 1 aromatic rings. The first-order valence-corrected chi connectivity index (χ1v) is 4.11. The van der Waals surface area contributed by atoms with Crippen molar-refractivity contribution in [3.8, 4) is 0 Å². The topological polar surface area (TPSA) is 54.5 Å². The summed E-state index contributed by atoms with van der Waals surface area (Å²) >= 11 is 0. The highest BCUT2D eigenvalue weighted by Gasteiger charge is 2.11. The van der Waals surface area contributed by atoms with Gasteiger partial charge in [0.25, 0.3) is 0 Å². The standard InChI is InChI=1S/C7H14N4/c1-3-5-6(4-2)7-8-10-11-9-7/h6H,3-5H2,1-2H3,(H,8,9,10,11). The minimum Gasteiger partial charge on any atom is -0.177 e. The van der Waals surface area contributed by atoms with Crippen LogP contribution in [0.15, 0.2) is 0 Å². The predicted octanol–water partition coefficient (Wildman–Crippen LogP) is 1.49. The Morgan fingerprint density at radius 2 is 2.27 bits per heavy atom. The van der Waals surface area contributed by atoms with E-state index < -0.39 is 0 Å². The third kappa shape index (κ3) is 2.00. The summed E-state index contributed by atoms with van der Waals surface area (Å²) in [5.74, 6) is 1.34. The number of tetrazole rings is 1. The Kier molecular flexibility index (Phi) is 3.01. The van der Waals surface area contributed by atoms with Crippen LogP contribution in [0.2, 0.25) is 0 Å². The zero-order chi connectivity index (χ0) is 8.10. The van der Waals surface area contributed by atoms with Crippen LogP contribution in [-0.4, -0.2) is 20.6 Å². The van der Waals surface area contributed by atoms with Crippen LogP contribution in [0.4, 0.5) is 0 Å². The van der Waals surface area contributed by atoms with Crippen LogP contribution in [0.3, 0.4) is 0 Å². The number of hydrogen-bond acceptors (Lipinski definition) is 3. The molecule has 0 spiro atoms. The highest BCUT2D eigenvalue weighted by atomic mass is 15.5. The second kappa shape index (κ2) is 4.05. The average molecular weight is 154 g/mol. The van der Waals surface area contributed by atoms with Crippen LogP contribution in [0.5, 0.6) is 0 Å². The predicted molar refractivity (Wildman–Crippen MR) is 42.1 cm³/mol. The Balaban J connectivity index is 2.56. The molecule has 11 heavy (non-hydrogen) atoms. The van der Waals surface area contributed by atoms with E-state index in [-0.39, 0.29) is 0 Å². The van der Waals surface area contributed by atoms with Crippen LogP contribution in [-0.2, 0) is 0 Å². The first-order valence-electron chi connectivity index (χ1n) is 4.11. The maximum absolute atomic E-state index is 3.96. The third-order valence-electron chi connectivity index (χ3n) is 1.86. The molecular weight excluding hydrogens is 140 g/mol. The summed E-state index contributed by atoms with van der Waals surface area (Å²) in [4.78, 5) is 0. The minimum atomic E-state index is 0.485. The van der Waals surface area contributed by atoms with Gasteiger partial charge in [-0.15, -0.1) is 10.2 Å². The molecule has 1 unspecified atom stereocenters. The Hall–Kier alpha value is -0.930. The minimum absolute atomic E-state index is 0.485. The molecule has 0 amide bonds. The van der Waals surface area contributed by atoms with Gasteiger partial charge in [0.1, 0.15) is 0 Å². The van der Waals surface area contributed by atoms with Crippen molar-refractivity contribution in [2.24, 2.45) is 0 Å². The van der Waals surface area contributed by atoms with Gasteiger partial charge in [0, 0.05) is 5.92 Å². The molecule has 0 bridgehead atoms. The fraction of sp³-hybridized carbons (Fsp3) is 0.857. The average Bonchev–Trinajstić information content (AvgIpc) is 2.52. The summed E-state index contributed by atoms with van der Waals surface area (Å²) in [6.45, 7) is 4.32. The Labute approximate surface area is 66.4 Å². The Morgan fingerprint density at radius 1 is 1.45 bits per heavy atom. The molecule has 0 aromatic carbocycles. The number of rotatable bonds is 4. The van der Waals surface area contributed by atoms with E-state index in [0.717, 1.165) is 18.7 Å². The third-order valence-corrected chi connectivity index (χ3v) is 1.86. The van der Waals surface area contributed by atoms with E-state index in [4.69, 9.17) is 0 Å². The molecule has 4 heteroatoms. The molecule has 1 atom stereocenters. The van der Waals surface area contributed by atoms with Gasteiger partial charge < -0.3 is 0 Å². The molecule has 0 radical (unpaired) electrons. The van der Waals surface area contributed by atoms with Crippen molar-refractivity contribution in [1.82, 2.24) is 20.6 Å². The van der Waals surface area contributed by atoms with Crippen LogP contribution in [0.1, 0.15) is 44.9 Å². The van der Waals surface area contributed by atoms with Gasteiger partial charge in [0.05, 0.1) is 0 Å². The van der Waals surface area contributed by atoms with Crippen molar-refractivity contribution < 1.29 is 0 Å². The number of hydrogen-bond donors (Lipinski definition) is 1. The van der Waals surface area contributed by atoms with Crippen LogP contribution in [0, 0.1) is 0 Å². The first kappa shape index (κ1) is 8.17. The molecule has 1 N–H and O–H groups in total. The molecule has 1 aromatic heterocycles. The van der Waals surface area contributed by atoms with E-state index in [1.807, 2.05) is 0 Å². The summed E-state index contributed by atoms with van der Waals surface area (Å²) in [5, 5.41) is 13.9. The lowest BCUT2D eigenvalue weighted by molar-refractivity contribution is 0.565. The number of aromatic amines is 1. The summed E-state index contributed by atoms with van der Waals surface area (Å²) < 4.78 is 0. The number of H-pyrrole nitrogens is 1. The first-order chi connectivity index (χ1) is 5.38. The van der Waals surface area contributed by atoms with Gasteiger partial charge >= 0.3 is 0 Å². The second-order valence-electron chi connectivity index (χ2n) is 2.66. The smallest absolute Gasteiger partial charge is 0.177 e. The molecule has 62 valence electrons. The molecule has 0 fully saturated rings. The van der Waals surface area contributed by atoms with Gasteiger partial charge in [-0.05, 0) is 12.8 Å². The SMILES string of the molecule is CCCC(CC)c1nn[nH]n1. The zero-order valence-electron chi connectivity index (χ0n) is 7.04. The second-order valence-corrected chi connectivity index (χ2v) is 2.66. The molecule has 0 saturated carbocycles. The van der Waals surface area contributed by atoms with Crippen LogP contribution < -0.4 is 0 Å². The van der Waals surface area contributed by atoms with Gasteiger partial charge in [0.2, 0.25) is 0 Å². The lowest BCUT2D eigenvalue weighted by atomic mass is 10.0. The largest absolute Gasteiger partial charge is 0.177 e. The number of nitrogens with one attached hydrogen (secondary N) is 1. The van der Waals surface area contributed by atoms with Crippen molar-refractivity contribution in [2.45, 2.75) is 39.0 Å². The van der Waals surface area contributed by atoms with Crippen LogP contribution >= 0.6 is 0 Å². The van der Waals surface area contributed by atoms with Gasteiger partial charge in [-0.25, -0.2) is 0 Å². The number of aromatic nitrogens is 4. The van der Waals surface area contributed by atoms with Crippen molar-refractivity contribution in [3.05, 3.63) is 5.82 Å². The van der Waals surface area contributed by atoms with E-state index in [9.17, 15) is 0 Å². The van der Waals surface area contributed by atoms with Crippen molar-refractivity contribution >= 4 is 0 Å². The van der Waals surface area contributed by atoms with Gasteiger partial charge in [0.15, 0.2) is 5.82 Å². The Morgan fingerprint density at radius 3 is 2.73 bits per heavy atom. The van der Waals surface area contributed by atoms with E-state index >= 15 is 0 Å². The van der Waals surface area contributed by atoms with Crippen molar-refractivity contribution in [2.75, 3.05) is 0 Å². The van der Waals surface area contributed by atoms with Crippen molar-refractivity contribution in [1.29, 1.82) is 0 Å². The maximum atomic E-state index is 3.96. The van der Waals surface area contributed by atoms with E-state index in [1.165, 1.54) is 6.42 Å². The summed E-state index contributed by atoms with van der Waals surface area (Å²) in [6, 6.07) is 0. The van der Waals surface area contributed by atoms with E-state index in [2.05, 4.69) is 34.5 Å². The molecule has 1 heterocycles. The molecule has 4 nitrogen and oxygen atoms in total. The molecule has 0 aliphatic carbocycles. The normalized spacial score (nSPS) is 13.3. The maximum Gasteiger partial charge on any atom is 0.177 e. The molecule has 0 aliphatic heterocycles. The highest BCUT2D eigenvalue weighted by molar-refractivity contribution is 4.89. The Bertz CT molecular complexity index is 182. The molecule has 0 saturated heterocycles. The lowest BCUT2D eigenvalue weighted by Crippen LogP contribution is -1.99. The molecule has 1 rings (SSSR count). The quantitative estimate of drug-likeness (QED) is 0.714. The fourth-order valence-corrected chi connectivity index (χ4v) is 1.21. The summed E-state index contributed by atoms with van der Waals surface area (Å²) in [7, 11) is 0. The molecular formula is C7H14N4. The van der Waals surface area contributed by atoms with Gasteiger partial charge in [-0.2, -0.15) is 5.21 Å². The van der Waals surface area contributed by atoms with E-state index in [1.54, 1.807) is 0 Å². The van der Waals surface area contributed by atoms with Gasteiger partial charge in [-0.1, -0.05) is 25.5 Å². The fourth-order valence-electron chi connectivity index (χ4n) is 1.21. The highest BCUT2D eigenvalue weighted by Crippen LogP contribution is 2.19. The monoisotopic (exact) mass is 154 g/mol. The summed E-state index contributed by atoms with van der Waals surface area (Å²) in [6.07, 6.45) is 3.41. The van der Waals surface area contributed by atoms with Gasteiger partial charge in [-0.3, -0.25) is 0 Å². The zero-order valence-corrected chi connectivity index (χ0v) is 7.04. The number of nitrogens with zero attached hydrogens (tertiary/aromatic N) is 3.